The summed E-state index contributed by atoms with van der Waals surface area (Å²) in [5.74, 6) is 4.94. The van der Waals surface area contributed by atoms with Gasteiger partial charge in [0.05, 0.1) is 17.1 Å². The molecule has 4 aromatic rings. The minimum atomic E-state index is -0.270. The number of hydrogen-bond acceptors (Lipinski definition) is 5. The van der Waals surface area contributed by atoms with Gasteiger partial charge < -0.3 is 14.6 Å². The summed E-state index contributed by atoms with van der Waals surface area (Å²) in [6.45, 7) is 0. The zero-order valence-electron chi connectivity index (χ0n) is 38.8. The number of fused-ring (bicyclic) bond motifs is 6. The summed E-state index contributed by atoms with van der Waals surface area (Å²) in [6, 6.07) is 21.1. The second-order valence-electron chi connectivity index (χ2n) is 20.2. The molecule has 0 amide bonds. The minimum Gasteiger partial charge on any atom is -0.461 e. The van der Waals surface area contributed by atoms with Crippen molar-refractivity contribution in [3.8, 4) is 5.75 Å². The Labute approximate surface area is 400 Å². The quantitative estimate of drug-likeness (QED) is 0.192. The van der Waals surface area contributed by atoms with Gasteiger partial charge in [-0.2, -0.15) is 0 Å². The number of ether oxygens (including phenoxy) is 1. The van der Waals surface area contributed by atoms with Gasteiger partial charge in [-0.1, -0.05) is 121 Å². The van der Waals surface area contributed by atoms with E-state index >= 15 is 0 Å². The van der Waals surface area contributed by atoms with E-state index < -0.39 is 0 Å². The maximum absolute atomic E-state index is 7.03. The molecule has 3 aromatic carbocycles. The Balaban J connectivity index is 0.899. The van der Waals surface area contributed by atoms with Gasteiger partial charge in [-0.15, -0.1) is 0 Å². The average Bonchev–Trinajstić information content (AvgIpc) is 3.95. The fraction of sp³-hybridized carbons (Fsp3) is 0.306. The number of allylic oxidation sites excluding steroid dienone is 19. The van der Waals surface area contributed by atoms with Gasteiger partial charge >= 0.3 is 0 Å². The molecule has 4 heterocycles. The number of amidine groups is 2. The van der Waals surface area contributed by atoms with Gasteiger partial charge in [0.15, 0.2) is 0 Å². The molecular weight excluding hydrogens is 831 g/mol. The number of rotatable bonds is 8. The normalized spacial score (nSPS) is 28.2. The SMILES string of the molecule is C1=CCCC(C2=NC(C3CC(c4cc(C5=CC=CCC5)cc(C5=CC=CCC5)c4)C=NC3C3C=C4Oc5cc6c(cc5C4CC3)c3ccccc3n6C3=CC=CCC3)N=C(C3C=CC=CC3)N2)=C1. The lowest BCUT2D eigenvalue weighted by molar-refractivity contribution is 0.247. The summed E-state index contributed by atoms with van der Waals surface area (Å²) in [5, 5.41) is 6.40. The van der Waals surface area contributed by atoms with Crippen molar-refractivity contribution >= 4 is 56.5 Å². The molecule has 0 saturated heterocycles. The van der Waals surface area contributed by atoms with E-state index in [0.717, 1.165) is 100 Å². The zero-order valence-corrected chi connectivity index (χ0v) is 38.8. The predicted octanol–water partition coefficient (Wildman–Crippen LogP) is 14.6. The molecule has 0 saturated carbocycles. The van der Waals surface area contributed by atoms with E-state index in [9.17, 15) is 0 Å². The molecule has 68 heavy (non-hydrogen) atoms. The molecular formula is C62H59N5O. The van der Waals surface area contributed by atoms with Crippen LogP contribution in [0.15, 0.2) is 184 Å². The second-order valence-corrected chi connectivity index (χ2v) is 20.2. The summed E-state index contributed by atoms with van der Waals surface area (Å²) in [6.07, 6.45) is 52.8. The summed E-state index contributed by atoms with van der Waals surface area (Å²) in [7, 11) is 0. The van der Waals surface area contributed by atoms with Crippen LogP contribution in [0.3, 0.4) is 0 Å². The van der Waals surface area contributed by atoms with Crippen LogP contribution in [-0.4, -0.2) is 34.7 Å². The summed E-state index contributed by atoms with van der Waals surface area (Å²) >= 11 is 0. The number of hydrogen-bond donors (Lipinski definition) is 1. The van der Waals surface area contributed by atoms with Crippen molar-refractivity contribution in [2.24, 2.45) is 32.7 Å². The predicted molar refractivity (Wildman–Crippen MR) is 283 cm³/mol. The van der Waals surface area contributed by atoms with Crippen molar-refractivity contribution in [2.45, 2.75) is 101 Å². The molecule has 1 N–H and O–H groups in total. The van der Waals surface area contributed by atoms with Crippen molar-refractivity contribution in [2.75, 3.05) is 0 Å². The van der Waals surface area contributed by atoms with E-state index in [0.29, 0.717) is 0 Å². The number of nitrogens with one attached hydrogen (secondary N) is 1. The number of benzene rings is 3. The fourth-order valence-electron chi connectivity index (χ4n) is 12.5. The van der Waals surface area contributed by atoms with Crippen molar-refractivity contribution in [1.82, 2.24) is 9.88 Å². The topological polar surface area (TPSA) is 63.3 Å². The molecule has 9 aliphatic rings. The first-order chi connectivity index (χ1) is 33.7. The highest BCUT2D eigenvalue weighted by Gasteiger charge is 2.44. The average molecular weight is 890 g/mol. The first kappa shape index (κ1) is 41.4. The Hall–Kier alpha value is -6.79. The highest BCUT2D eigenvalue weighted by atomic mass is 16.5. The fourth-order valence-corrected chi connectivity index (χ4v) is 12.5. The van der Waals surface area contributed by atoms with Gasteiger partial charge in [-0.25, -0.2) is 9.98 Å². The van der Waals surface area contributed by atoms with Crippen LogP contribution < -0.4 is 10.1 Å². The Morgan fingerprint density at radius 2 is 1.40 bits per heavy atom. The molecule has 6 heteroatoms. The number of aliphatic imine (C=N–C) groups is 3. The van der Waals surface area contributed by atoms with E-state index in [1.807, 2.05) is 0 Å². The molecule has 0 fully saturated rings. The molecule has 3 aliphatic heterocycles. The third-order valence-electron chi connectivity index (χ3n) is 16.0. The second kappa shape index (κ2) is 17.7. The van der Waals surface area contributed by atoms with Crippen LogP contribution in [0.25, 0.3) is 38.6 Å². The van der Waals surface area contributed by atoms with Crippen LogP contribution in [0.4, 0.5) is 0 Å². The lowest BCUT2D eigenvalue weighted by Gasteiger charge is -2.40. The third kappa shape index (κ3) is 7.62. The lowest BCUT2D eigenvalue weighted by Crippen LogP contribution is -2.46. The summed E-state index contributed by atoms with van der Waals surface area (Å²) in [5.41, 5.74) is 13.3. The largest absolute Gasteiger partial charge is 0.461 e. The van der Waals surface area contributed by atoms with Crippen molar-refractivity contribution in [3.63, 3.8) is 0 Å². The Kier molecular flexibility index (Phi) is 10.8. The van der Waals surface area contributed by atoms with Crippen LogP contribution >= 0.6 is 0 Å². The van der Waals surface area contributed by atoms with Gasteiger partial charge in [0.1, 0.15) is 29.3 Å². The zero-order chi connectivity index (χ0) is 45.0. The number of nitrogens with zero attached hydrogens (tertiary/aromatic N) is 4. The van der Waals surface area contributed by atoms with E-state index in [1.165, 1.54) is 66.5 Å². The standard InChI is InChI=1S/C62H59N5O/c1-6-18-40(19-7-1)45-32-46(41-20-8-2-9-21-41)34-47(33-45)48-35-54(62-65-60(42-22-10-3-11-23-42)64-61(66-62)43-24-12-4-13-25-43)59(63-39-48)44-30-31-51-53-37-52-50-28-16-17-29-55(50)67(49-26-14-5-15-27-49)56(52)38-58(53)68-57(51)36-44/h1-6,8,10-12,14,16-18,20,22,24,26,28-29,32-34,36-39,42,44,48,51,54,59,62H,7,9,13,15,19,21,23,25,27,30-31,35H2,(H,64,65,66). The van der Waals surface area contributed by atoms with Gasteiger partial charge in [0, 0.05) is 63.9 Å². The monoisotopic (exact) mass is 889 g/mol. The number of aromatic nitrogens is 1. The van der Waals surface area contributed by atoms with Crippen LogP contribution in [0.5, 0.6) is 5.75 Å². The molecule has 0 spiro atoms. The molecule has 13 rings (SSSR count). The highest BCUT2D eigenvalue weighted by molar-refractivity contribution is 6.12. The third-order valence-corrected chi connectivity index (χ3v) is 16.0. The Morgan fingerprint density at radius 1 is 0.647 bits per heavy atom. The van der Waals surface area contributed by atoms with Gasteiger partial charge in [0.25, 0.3) is 0 Å². The molecule has 7 atom stereocenters. The molecule has 0 radical (unpaired) electrons. The van der Waals surface area contributed by atoms with Gasteiger partial charge in [-0.3, -0.25) is 4.99 Å². The van der Waals surface area contributed by atoms with Crippen LogP contribution in [-0.2, 0) is 0 Å². The van der Waals surface area contributed by atoms with Gasteiger partial charge in [0.2, 0.25) is 0 Å². The lowest BCUT2D eigenvalue weighted by atomic mass is 9.72. The van der Waals surface area contributed by atoms with E-state index in [2.05, 4.69) is 174 Å². The van der Waals surface area contributed by atoms with Crippen molar-refractivity contribution in [3.05, 3.63) is 191 Å². The molecule has 1 aromatic heterocycles. The molecule has 0 bridgehead atoms. The first-order valence-corrected chi connectivity index (χ1v) is 25.5. The first-order valence-electron chi connectivity index (χ1n) is 25.5. The van der Waals surface area contributed by atoms with Crippen LogP contribution in [0.2, 0.25) is 0 Å². The maximum Gasteiger partial charge on any atom is 0.148 e. The van der Waals surface area contributed by atoms with E-state index in [4.69, 9.17) is 19.7 Å². The van der Waals surface area contributed by atoms with Crippen LogP contribution in [0.1, 0.15) is 111 Å². The Morgan fingerprint density at radius 3 is 2.12 bits per heavy atom. The van der Waals surface area contributed by atoms with Gasteiger partial charge in [-0.05, 0) is 141 Å². The van der Waals surface area contributed by atoms with Crippen molar-refractivity contribution in [1.29, 1.82) is 0 Å². The summed E-state index contributed by atoms with van der Waals surface area (Å²) < 4.78 is 9.51. The highest BCUT2D eigenvalue weighted by Crippen LogP contribution is 2.52. The minimum absolute atomic E-state index is 0.00541. The smallest absolute Gasteiger partial charge is 0.148 e. The van der Waals surface area contributed by atoms with Crippen LogP contribution in [0, 0.1) is 17.8 Å². The molecule has 6 aliphatic carbocycles. The number of para-hydroxylation sites is 1. The molecule has 338 valence electrons. The van der Waals surface area contributed by atoms with E-state index in [-0.39, 0.29) is 41.8 Å². The molecule has 6 nitrogen and oxygen atoms in total. The van der Waals surface area contributed by atoms with E-state index in [1.54, 1.807) is 0 Å². The molecule has 7 unspecified atom stereocenters. The Bertz CT molecular complexity index is 3130. The van der Waals surface area contributed by atoms with Crippen molar-refractivity contribution < 1.29 is 4.74 Å². The summed E-state index contributed by atoms with van der Waals surface area (Å²) in [4.78, 5) is 17.0. The maximum atomic E-state index is 7.03.